The zero-order chi connectivity index (χ0) is 17.5. The third-order valence-corrected chi connectivity index (χ3v) is 4.37. The molecule has 25 heavy (non-hydrogen) atoms. The lowest BCUT2D eigenvalue weighted by Crippen LogP contribution is -2.44. The fraction of sp³-hybridized carbons (Fsp3) is 0.588. The molecule has 8 nitrogen and oxygen atoms in total. The van der Waals surface area contributed by atoms with Crippen molar-refractivity contribution in [1.29, 1.82) is 0 Å². The van der Waals surface area contributed by atoms with E-state index in [1.807, 2.05) is 12.1 Å². The van der Waals surface area contributed by atoms with Gasteiger partial charge in [0, 0.05) is 20.5 Å². The van der Waals surface area contributed by atoms with Crippen molar-refractivity contribution < 1.29 is 8.94 Å². The molecule has 0 saturated carbocycles. The number of nitrogens with zero attached hydrogens (tertiary/aromatic N) is 4. The van der Waals surface area contributed by atoms with Crippen LogP contribution in [-0.4, -0.2) is 47.7 Å². The lowest BCUT2D eigenvalue weighted by Gasteiger charge is -2.33. The highest BCUT2D eigenvalue weighted by molar-refractivity contribution is 5.79. The summed E-state index contributed by atoms with van der Waals surface area (Å²) in [6.07, 6.45) is 5.52. The van der Waals surface area contributed by atoms with E-state index in [0.29, 0.717) is 24.2 Å². The van der Waals surface area contributed by atoms with Crippen molar-refractivity contribution in [1.82, 2.24) is 25.7 Å². The molecule has 0 amide bonds. The van der Waals surface area contributed by atoms with Crippen LogP contribution in [-0.2, 0) is 6.54 Å². The highest BCUT2D eigenvalue weighted by atomic mass is 16.5. The lowest BCUT2D eigenvalue weighted by atomic mass is 10.1. The van der Waals surface area contributed by atoms with Gasteiger partial charge in [-0.3, -0.25) is 9.89 Å². The van der Waals surface area contributed by atoms with E-state index >= 15 is 0 Å². The number of hydrogen-bond acceptors (Lipinski definition) is 6. The largest absolute Gasteiger partial charge is 0.468 e. The number of furan rings is 1. The van der Waals surface area contributed by atoms with Crippen LogP contribution in [0.5, 0.6) is 0 Å². The molecule has 3 rings (SSSR count). The van der Waals surface area contributed by atoms with E-state index in [1.54, 1.807) is 20.2 Å². The van der Waals surface area contributed by atoms with Crippen molar-refractivity contribution >= 4 is 5.96 Å². The second-order valence-electron chi connectivity index (χ2n) is 6.16. The molecule has 2 N–H and O–H groups in total. The van der Waals surface area contributed by atoms with Crippen LogP contribution in [0, 0.1) is 6.92 Å². The summed E-state index contributed by atoms with van der Waals surface area (Å²) in [5.41, 5.74) is 0. The van der Waals surface area contributed by atoms with Crippen molar-refractivity contribution in [2.45, 2.75) is 38.8 Å². The number of nitrogens with one attached hydrogen (secondary N) is 2. The van der Waals surface area contributed by atoms with Crippen molar-refractivity contribution in [3.63, 3.8) is 0 Å². The third-order valence-electron chi connectivity index (χ3n) is 4.37. The molecule has 0 aliphatic carbocycles. The van der Waals surface area contributed by atoms with Gasteiger partial charge in [0.1, 0.15) is 5.76 Å². The Morgan fingerprint density at radius 3 is 2.80 bits per heavy atom. The second kappa shape index (κ2) is 8.66. The Hall–Kier alpha value is -2.35. The van der Waals surface area contributed by atoms with Gasteiger partial charge in [0.25, 0.3) is 0 Å². The molecule has 0 radical (unpaired) electrons. The predicted octanol–water partition coefficient (Wildman–Crippen LogP) is 1.86. The molecule has 1 fully saturated rings. The van der Waals surface area contributed by atoms with Gasteiger partial charge in [-0.15, -0.1) is 0 Å². The summed E-state index contributed by atoms with van der Waals surface area (Å²) in [5, 5.41) is 10.5. The summed E-state index contributed by atoms with van der Waals surface area (Å²) in [5.74, 6) is 2.86. The van der Waals surface area contributed by atoms with E-state index in [-0.39, 0.29) is 6.04 Å². The van der Waals surface area contributed by atoms with Gasteiger partial charge in [-0.05, 0) is 38.1 Å². The number of aryl methyl sites for hydroxylation is 1. The van der Waals surface area contributed by atoms with Gasteiger partial charge in [0.2, 0.25) is 5.89 Å². The van der Waals surface area contributed by atoms with Crippen LogP contribution in [0.4, 0.5) is 0 Å². The molecule has 0 aromatic carbocycles. The van der Waals surface area contributed by atoms with E-state index in [0.717, 1.165) is 25.4 Å². The molecule has 2 aromatic rings. The Morgan fingerprint density at radius 2 is 2.16 bits per heavy atom. The van der Waals surface area contributed by atoms with Crippen molar-refractivity contribution in [2.75, 3.05) is 26.7 Å². The molecular weight excluding hydrogens is 320 g/mol. The zero-order valence-corrected chi connectivity index (χ0v) is 14.9. The summed E-state index contributed by atoms with van der Waals surface area (Å²) in [6, 6.07) is 4.18. The maximum atomic E-state index is 5.67. The minimum absolute atomic E-state index is 0.196. The van der Waals surface area contributed by atoms with Crippen LogP contribution in [0.2, 0.25) is 0 Å². The summed E-state index contributed by atoms with van der Waals surface area (Å²) in [7, 11) is 1.75. The van der Waals surface area contributed by atoms with Crippen LogP contribution < -0.4 is 10.6 Å². The van der Waals surface area contributed by atoms with Crippen molar-refractivity contribution in [2.24, 2.45) is 4.99 Å². The van der Waals surface area contributed by atoms with Gasteiger partial charge in [0.15, 0.2) is 11.8 Å². The number of aromatic nitrogens is 2. The highest BCUT2D eigenvalue weighted by Crippen LogP contribution is 2.24. The maximum absolute atomic E-state index is 5.67. The first-order chi connectivity index (χ1) is 12.3. The molecule has 136 valence electrons. The first-order valence-electron chi connectivity index (χ1n) is 8.77. The van der Waals surface area contributed by atoms with Gasteiger partial charge in [0.05, 0.1) is 18.8 Å². The minimum atomic E-state index is 0.196. The summed E-state index contributed by atoms with van der Waals surface area (Å²) >= 11 is 0. The van der Waals surface area contributed by atoms with Crippen molar-refractivity contribution in [3.8, 4) is 0 Å². The number of aliphatic imine (C=N–C) groups is 1. The quantitative estimate of drug-likeness (QED) is 0.609. The molecule has 0 spiro atoms. The minimum Gasteiger partial charge on any atom is -0.468 e. The van der Waals surface area contributed by atoms with Gasteiger partial charge in [-0.2, -0.15) is 4.98 Å². The number of rotatable bonds is 6. The van der Waals surface area contributed by atoms with Crippen LogP contribution in [0.25, 0.3) is 0 Å². The Labute approximate surface area is 147 Å². The molecule has 1 atom stereocenters. The predicted molar refractivity (Wildman–Crippen MR) is 94.1 cm³/mol. The van der Waals surface area contributed by atoms with E-state index in [9.17, 15) is 0 Å². The Kier molecular flexibility index (Phi) is 6.05. The summed E-state index contributed by atoms with van der Waals surface area (Å²) < 4.78 is 10.6. The number of guanidine groups is 1. The first kappa shape index (κ1) is 17.5. The third kappa shape index (κ3) is 4.82. The summed E-state index contributed by atoms with van der Waals surface area (Å²) in [4.78, 5) is 10.9. The number of piperidine rings is 1. The molecule has 3 heterocycles. The van der Waals surface area contributed by atoms with Crippen molar-refractivity contribution in [3.05, 3.63) is 35.9 Å². The topological polar surface area (TPSA) is 91.7 Å². The molecule has 1 unspecified atom stereocenters. The fourth-order valence-electron chi connectivity index (χ4n) is 3.11. The second-order valence-corrected chi connectivity index (χ2v) is 6.16. The standard InChI is InChI=1S/C17H26N6O2/c1-13-21-16(22-25-13)12-20-17(18-2)19-11-14(15-7-6-10-24-15)23-8-4-3-5-9-23/h6-7,10,14H,3-5,8-9,11-12H2,1-2H3,(H2,18,19,20). The molecule has 2 aromatic heterocycles. The summed E-state index contributed by atoms with van der Waals surface area (Å²) in [6.45, 7) is 5.16. The smallest absolute Gasteiger partial charge is 0.223 e. The van der Waals surface area contributed by atoms with Gasteiger partial charge >= 0.3 is 0 Å². The van der Waals surface area contributed by atoms with E-state index < -0.39 is 0 Å². The molecule has 8 heteroatoms. The Balaban J connectivity index is 1.57. The zero-order valence-electron chi connectivity index (χ0n) is 14.9. The van der Waals surface area contributed by atoms with Gasteiger partial charge < -0.3 is 19.6 Å². The first-order valence-corrected chi connectivity index (χ1v) is 8.77. The number of likely N-dealkylation sites (tertiary alicyclic amines) is 1. The van der Waals surface area contributed by atoms with Crippen LogP contribution >= 0.6 is 0 Å². The molecule has 0 bridgehead atoms. The molecule has 1 aliphatic rings. The van der Waals surface area contributed by atoms with E-state index in [4.69, 9.17) is 8.94 Å². The van der Waals surface area contributed by atoms with Gasteiger partial charge in [-0.1, -0.05) is 11.6 Å². The number of hydrogen-bond donors (Lipinski definition) is 2. The normalized spacial score (nSPS) is 17.4. The fourth-order valence-corrected chi connectivity index (χ4v) is 3.11. The highest BCUT2D eigenvalue weighted by Gasteiger charge is 2.24. The van der Waals surface area contributed by atoms with Crippen LogP contribution in [0.1, 0.15) is 42.8 Å². The van der Waals surface area contributed by atoms with Crippen LogP contribution in [0.15, 0.2) is 32.3 Å². The SMILES string of the molecule is CN=C(NCc1noc(C)n1)NCC(c1ccco1)N1CCCCC1. The van der Waals surface area contributed by atoms with Crippen LogP contribution in [0.3, 0.4) is 0 Å². The van der Waals surface area contributed by atoms with E-state index in [1.165, 1.54) is 19.3 Å². The Morgan fingerprint density at radius 1 is 1.32 bits per heavy atom. The molecule has 1 saturated heterocycles. The maximum Gasteiger partial charge on any atom is 0.223 e. The molecular formula is C17H26N6O2. The van der Waals surface area contributed by atoms with E-state index in [2.05, 4.69) is 30.7 Å². The lowest BCUT2D eigenvalue weighted by molar-refractivity contribution is 0.146. The average molecular weight is 346 g/mol. The monoisotopic (exact) mass is 346 g/mol. The van der Waals surface area contributed by atoms with Gasteiger partial charge in [-0.25, -0.2) is 0 Å². The molecule has 1 aliphatic heterocycles. The average Bonchev–Trinajstić information content (AvgIpc) is 3.31. The Bertz CT molecular complexity index is 660.